The molecule has 1 aromatic heterocycles. The summed E-state index contributed by atoms with van der Waals surface area (Å²) in [5.41, 5.74) is -0.966. The van der Waals surface area contributed by atoms with Gasteiger partial charge in [0.1, 0.15) is 10.7 Å². The number of carbonyl (C=O) groups is 2. The quantitative estimate of drug-likeness (QED) is 0.762. The van der Waals surface area contributed by atoms with E-state index >= 15 is 0 Å². The van der Waals surface area contributed by atoms with E-state index in [2.05, 4.69) is 5.32 Å². The van der Waals surface area contributed by atoms with Crippen molar-refractivity contribution in [2.45, 2.75) is 32.1 Å². The molecule has 8 nitrogen and oxygen atoms in total. The normalized spacial score (nSPS) is 12.4. The Balaban J connectivity index is 2.82. The fourth-order valence-electron chi connectivity index (χ4n) is 1.71. The van der Waals surface area contributed by atoms with Crippen LogP contribution < -0.4 is 5.32 Å². The Morgan fingerprint density at radius 2 is 1.91 bits per heavy atom. The number of aryl methyl sites for hydroxylation is 1. The summed E-state index contributed by atoms with van der Waals surface area (Å²) < 4.78 is 30.4. The van der Waals surface area contributed by atoms with Gasteiger partial charge in [-0.05, 0) is 27.2 Å². The molecule has 1 rings (SSSR count). The second-order valence-corrected chi connectivity index (χ2v) is 8.13. The molecule has 0 bridgehead atoms. The predicted octanol–water partition coefficient (Wildman–Crippen LogP) is 1.07. The Hall–Kier alpha value is -1.87. The van der Waals surface area contributed by atoms with Gasteiger partial charge in [0.2, 0.25) is 10.0 Å². The van der Waals surface area contributed by atoms with E-state index in [4.69, 9.17) is 9.52 Å². The zero-order valence-corrected chi connectivity index (χ0v) is 14.7. The van der Waals surface area contributed by atoms with Gasteiger partial charge in [-0.1, -0.05) is 0 Å². The fraction of sp³-hybridized carbons (Fsp3) is 0.571. The molecule has 9 heteroatoms. The van der Waals surface area contributed by atoms with Crippen LogP contribution in [0.25, 0.3) is 0 Å². The first-order valence-corrected chi connectivity index (χ1v) is 8.38. The molecule has 23 heavy (non-hydrogen) atoms. The maximum absolute atomic E-state index is 12.1. The predicted molar refractivity (Wildman–Crippen MR) is 82.7 cm³/mol. The number of carbonyl (C=O) groups excluding carboxylic acids is 1. The summed E-state index contributed by atoms with van der Waals surface area (Å²) in [7, 11) is -0.925. The SMILES string of the molecule is Cc1oc(C(=O)NCCC(C)(C)C(=O)O)cc1S(=O)(=O)N(C)C. The van der Waals surface area contributed by atoms with Crippen molar-refractivity contribution in [1.29, 1.82) is 0 Å². The topological polar surface area (TPSA) is 117 Å². The average molecular weight is 346 g/mol. The minimum atomic E-state index is -3.69. The van der Waals surface area contributed by atoms with Crippen molar-refractivity contribution in [2.75, 3.05) is 20.6 Å². The number of sulfonamides is 1. The lowest BCUT2D eigenvalue weighted by atomic mass is 9.90. The molecule has 0 saturated heterocycles. The Kier molecular flexibility index (Phi) is 5.60. The molecule has 1 aromatic rings. The van der Waals surface area contributed by atoms with Crippen LogP contribution in [0.3, 0.4) is 0 Å². The zero-order valence-electron chi connectivity index (χ0n) is 13.8. The van der Waals surface area contributed by atoms with Gasteiger partial charge >= 0.3 is 5.97 Å². The zero-order chi connectivity index (χ0) is 18.0. The third-order valence-corrected chi connectivity index (χ3v) is 5.39. The number of nitrogens with one attached hydrogen (secondary N) is 1. The smallest absolute Gasteiger partial charge is 0.309 e. The van der Waals surface area contributed by atoms with Crippen LogP contribution in [0.1, 0.15) is 36.6 Å². The molecule has 0 aliphatic heterocycles. The number of carboxylic acid groups (broad SMARTS) is 1. The molecule has 0 radical (unpaired) electrons. The first kappa shape index (κ1) is 19.2. The van der Waals surface area contributed by atoms with Crippen molar-refractivity contribution in [2.24, 2.45) is 5.41 Å². The number of furan rings is 1. The fourth-order valence-corrected chi connectivity index (χ4v) is 2.77. The van der Waals surface area contributed by atoms with Gasteiger partial charge in [-0.3, -0.25) is 9.59 Å². The van der Waals surface area contributed by atoms with Gasteiger partial charge < -0.3 is 14.8 Å². The molecular formula is C14H22N2O6S. The van der Waals surface area contributed by atoms with Gasteiger partial charge in [-0.2, -0.15) is 0 Å². The van der Waals surface area contributed by atoms with Crippen LogP contribution in [0, 0.1) is 12.3 Å². The number of aliphatic carboxylic acids is 1. The highest BCUT2D eigenvalue weighted by Gasteiger charge is 2.28. The third kappa shape index (κ3) is 4.32. The summed E-state index contributed by atoms with van der Waals surface area (Å²) in [6, 6.07) is 1.17. The van der Waals surface area contributed by atoms with E-state index in [0.29, 0.717) is 0 Å². The highest BCUT2D eigenvalue weighted by atomic mass is 32.2. The largest absolute Gasteiger partial charge is 0.481 e. The van der Waals surface area contributed by atoms with E-state index in [9.17, 15) is 18.0 Å². The monoisotopic (exact) mass is 346 g/mol. The summed E-state index contributed by atoms with van der Waals surface area (Å²) in [6.45, 7) is 4.70. The van der Waals surface area contributed by atoms with Crippen molar-refractivity contribution in [3.63, 3.8) is 0 Å². The highest BCUT2D eigenvalue weighted by Crippen LogP contribution is 2.23. The molecule has 0 atom stereocenters. The van der Waals surface area contributed by atoms with Crippen LogP contribution in [0.5, 0.6) is 0 Å². The van der Waals surface area contributed by atoms with Crippen molar-refractivity contribution in [1.82, 2.24) is 9.62 Å². The average Bonchev–Trinajstić information content (AvgIpc) is 2.80. The molecule has 2 N–H and O–H groups in total. The molecule has 0 saturated carbocycles. The Morgan fingerprint density at radius 3 is 2.39 bits per heavy atom. The second-order valence-electron chi connectivity index (χ2n) is 6.01. The summed E-state index contributed by atoms with van der Waals surface area (Å²) in [5.74, 6) is -1.56. The summed E-state index contributed by atoms with van der Waals surface area (Å²) in [6.07, 6.45) is 0.233. The van der Waals surface area contributed by atoms with E-state index in [1.807, 2.05) is 0 Å². The lowest BCUT2D eigenvalue weighted by Crippen LogP contribution is -2.31. The van der Waals surface area contributed by atoms with E-state index in [0.717, 1.165) is 4.31 Å². The van der Waals surface area contributed by atoms with Crippen LogP contribution in [0.4, 0.5) is 0 Å². The van der Waals surface area contributed by atoms with E-state index in [1.54, 1.807) is 13.8 Å². The van der Waals surface area contributed by atoms with Crippen LogP contribution in [0.2, 0.25) is 0 Å². The first-order chi connectivity index (χ1) is 10.4. The number of hydrogen-bond donors (Lipinski definition) is 2. The number of nitrogens with zero attached hydrogens (tertiary/aromatic N) is 1. The molecule has 0 fully saturated rings. The lowest BCUT2D eigenvalue weighted by Gasteiger charge is -2.18. The van der Waals surface area contributed by atoms with Crippen molar-refractivity contribution in [3.05, 3.63) is 17.6 Å². The molecule has 0 unspecified atom stereocenters. The Morgan fingerprint density at radius 1 is 1.35 bits per heavy atom. The van der Waals surface area contributed by atoms with Gasteiger partial charge in [0, 0.05) is 26.7 Å². The molecule has 1 amide bonds. The van der Waals surface area contributed by atoms with Crippen molar-refractivity contribution >= 4 is 21.9 Å². The Bertz CT molecular complexity index is 703. The number of hydrogen-bond acceptors (Lipinski definition) is 5. The molecule has 0 aliphatic carbocycles. The third-order valence-electron chi connectivity index (χ3n) is 3.47. The molecule has 0 aromatic carbocycles. The number of rotatable bonds is 7. The summed E-state index contributed by atoms with van der Waals surface area (Å²) >= 11 is 0. The Labute approximate surface area is 135 Å². The van der Waals surface area contributed by atoms with E-state index in [1.165, 1.54) is 27.1 Å². The van der Waals surface area contributed by atoms with E-state index in [-0.39, 0.29) is 29.4 Å². The number of amides is 1. The van der Waals surface area contributed by atoms with E-state index < -0.39 is 27.3 Å². The maximum atomic E-state index is 12.1. The lowest BCUT2D eigenvalue weighted by molar-refractivity contribution is -0.147. The van der Waals surface area contributed by atoms with Gasteiger partial charge in [-0.15, -0.1) is 0 Å². The maximum Gasteiger partial charge on any atom is 0.309 e. The minimum Gasteiger partial charge on any atom is -0.481 e. The molecule has 130 valence electrons. The molecule has 1 heterocycles. The van der Waals surface area contributed by atoms with Crippen LogP contribution >= 0.6 is 0 Å². The van der Waals surface area contributed by atoms with Crippen LogP contribution in [-0.2, 0) is 14.8 Å². The number of carboxylic acids is 1. The molecular weight excluding hydrogens is 324 g/mol. The van der Waals surface area contributed by atoms with Crippen LogP contribution in [-0.4, -0.2) is 50.3 Å². The van der Waals surface area contributed by atoms with Gasteiger partial charge in [0.15, 0.2) is 5.76 Å². The van der Waals surface area contributed by atoms with Gasteiger partial charge in [0.25, 0.3) is 5.91 Å². The van der Waals surface area contributed by atoms with Gasteiger partial charge in [-0.25, -0.2) is 12.7 Å². The van der Waals surface area contributed by atoms with Gasteiger partial charge in [0.05, 0.1) is 5.41 Å². The standard InChI is InChI=1S/C14H22N2O6S/c1-9-11(23(20,21)16(4)5)8-10(22-9)12(17)15-7-6-14(2,3)13(18)19/h8H,6-7H2,1-5H3,(H,15,17)(H,18,19). The minimum absolute atomic E-state index is 0.0708. The molecule has 0 aliphatic rings. The highest BCUT2D eigenvalue weighted by molar-refractivity contribution is 7.89. The summed E-state index contributed by atoms with van der Waals surface area (Å²) in [4.78, 5) is 22.9. The first-order valence-electron chi connectivity index (χ1n) is 6.94. The second kappa shape index (κ2) is 6.71. The van der Waals surface area contributed by atoms with Crippen molar-refractivity contribution in [3.8, 4) is 0 Å². The summed E-state index contributed by atoms with van der Waals surface area (Å²) in [5, 5.41) is 11.5. The molecule has 0 spiro atoms. The van der Waals surface area contributed by atoms with Crippen LogP contribution in [0.15, 0.2) is 15.4 Å². The van der Waals surface area contributed by atoms with Crippen molar-refractivity contribution < 1.29 is 27.5 Å².